The minimum Gasteiger partial charge on any atom is -0.308 e. The van der Waals surface area contributed by atoms with Crippen molar-refractivity contribution < 1.29 is 0 Å². The molecular formula is C10H11N5. The van der Waals surface area contributed by atoms with Gasteiger partial charge in [0.15, 0.2) is 5.65 Å². The first-order valence-corrected chi connectivity index (χ1v) is 4.79. The number of aromatic nitrogens is 4. The van der Waals surface area contributed by atoms with Crippen LogP contribution in [-0.2, 0) is 6.42 Å². The van der Waals surface area contributed by atoms with E-state index in [0.717, 1.165) is 17.0 Å². The first-order valence-electron chi connectivity index (χ1n) is 4.79. The molecule has 15 heavy (non-hydrogen) atoms. The van der Waals surface area contributed by atoms with E-state index in [-0.39, 0.29) is 6.04 Å². The number of nitriles is 1. The molecular weight excluding hydrogens is 190 g/mol. The molecule has 5 nitrogen and oxygen atoms in total. The molecule has 2 heterocycles. The molecule has 0 saturated carbocycles. The predicted octanol–water partition coefficient (Wildman–Crippen LogP) is 1.47. The topological polar surface area (TPSA) is 67.4 Å². The summed E-state index contributed by atoms with van der Waals surface area (Å²) in [6.45, 7) is 4.08. The van der Waals surface area contributed by atoms with Gasteiger partial charge in [0.05, 0.1) is 18.7 Å². The molecule has 0 fully saturated rings. The van der Waals surface area contributed by atoms with Gasteiger partial charge in [-0.25, -0.2) is 4.98 Å². The zero-order valence-electron chi connectivity index (χ0n) is 8.68. The molecule has 0 aliphatic heterocycles. The van der Waals surface area contributed by atoms with E-state index in [1.165, 1.54) is 0 Å². The average Bonchev–Trinajstić information content (AvgIpc) is 2.56. The second-order valence-electron chi connectivity index (χ2n) is 3.57. The Balaban J connectivity index is 2.70. The lowest BCUT2D eigenvalue weighted by atomic mass is 10.3. The lowest BCUT2D eigenvalue weighted by Gasteiger charge is -2.09. The number of hydrogen-bond donors (Lipinski definition) is 0. The zero-order valence-corrected chi connectivity index (χ0v) is 8.68. The van der Waals surface area contributed by atoms with E-state index < -0.39 is 0 Å². The standard InChI is InChI=1S/C10H11N5/c1-7(2)15-9(3-5-11)13-8-4-6-12-14-10(8)15/h4,6-7H,3H2,1-2H3. The Bertz CT molecular complexity index is 520. The molecule has 5 heteroatoms. The van der Waals surface area contributed by atoms with Crippen LogP contribution in [0, 0.1) is 11.3 Å². The van der Waals surface area contributed by atoms with E-state index >= 15 is 0 Å². The fraction of sp³-hybridized carbons (Fsp3) is 0.400. The zero-order chi connectivity index (χ0) is 10.8. The molecule has 2 aromatic heterocycles. The van der Waals surface area contributed by atoms with Crippen molar-refractivity contribution in [2.24, 2.45) is 0 Å². The Labute approximate surface area is 87.4 Å². The molecule has 0 amide bonds. The lowest BCUT2D eigenvalue weighted by molar-refractivity contribution is 0.587. The van der Waals surface area contributed by atoms with Crippen LogP contribution < -0.4 is 0 Å². The van der Waals surface area contributed by atoms with E-state index in [1.54, 1.807) is 6.20 Å². The minimum atomic E-state index is 0.232. The molecule has 0 spiro atoms. The summed E-state index contributed by atoms with van der Waals surface area (Å²) in [5.74, 6) is 0.753. The van der Waals surface area contributed by atoms with Gasteiger partial charge in [0.1, 0.15) is 11.3 Å². The van der Waals surface area contributed by atoms with Crippen molar-refractivity contribution in [3.8, 4) is 6.07 Å². The third-order valence-corrected chi connectivity index (χ3v) is 2.19. The quantitative estimate of drug-likeness (QED) is 0.737. The van der Waals surface area contributed by atoms with E-state index in [2.05, 4.69) is 21.3 Å². The van der Waals surface area contributed by atoms with E-state index in [0.29, 0.717) is 6.42 Å². The van der Waals surface area contributed by atoms with Gasteiger partial charge in [-0.1, -0.05) is 0 Å². The van der Waals surface area contributed by atoms with Gasteiger partial charge in [-0.05, 0) is 19.9 Å². The van der Waals surface area contributed by atoms with Crippen molar-refractivity contribution in [3.05, 3.63) is 18.1 Å². The van der Waals surface area contributed by atoms with Crippen molar-refractivity contribution in [1.82, 2.24) is 19.7 Å². The van der Waals surface area contributed by atoms with E-state index in [9.17, 15) is 0 Å². The normalized spacial score (nSPS) is 10.8. The van der Waals surface area contributed by atoms with Crippen LogP contribution in [0.3, 0.4) is 0 Å². The molecule has 2 aromatic rings. The van der Waals surface area contributed by atoms with Crippen LogP contribution in [0.1, 0.15) is 25.7 Å². The highest BCUT2D eigenvalue weighted by atomic mass is 15.2. The number of rotatable bonds is 2. The summed E-state index contributed by atoms with van der Waals surface area (Å²) in [7, 11) is 0. The Morgan fingerprint density at radius 3 is 3.00 bits per heavy atom. The number of hydrogen-bond acceptors (Lipinski definition) is 4. The highest BCUT2D eigenvalue weighted by Gasteiger charge is 2.13. The third kappa shape index (κ3) is 1.54. The summed E-state index contributed by atoms with van der Waals surface area (Å²) in [6, 6.07) is 4.15. The SMILES string of the molecule is CC(C)n1c(CC#N)nc2ccnnc21. The molecule has 76 valence electrons. The third-order valence-electron chi connectivity index (χ3n) is 2.19. The smallest absolute Gasteiger partial charge is 0.182 e. The summed E-state index contributed by atoms with van der Waals surface area (Å²) in [5.41, 5.74) is 1.54. The van der Waals surface area contributed by atoms with Crippen molar-refractivity contribution in [2.75, 3.05) is 0 Å². The number of fused-ring (bicyclic) bond motifs is 1. The van der Waals surface area contributed by atoms with Crippen molar-refractivity contribution >= 4 is 11.2 Å². The van der Waals surface area contributed by atoms with Crippen LogP contribution >= 0.6 is 0 Å². The molecule has 0 unspecified atom stereocenters. The van der Waals surface area contributed by atoms with Crippen molar-refractivity contribution in [2.45, 2.75) is 26.3 Å². The molecule has 0 N–H and O–H groups in total. The number of imidazole rings is 1. The molecule has 0 radical (unpaired) electrons. The van der Waals surface area contributed by atoms with Crippen LogP contribution in [0.4, 0.5) is 0 Å². The van der Waals surface area contributed by atoms with Gasteiger partial charge in [-0.3, -0.25) is 0 Å². The van der Waals surface area contributed by atoms with Gasteiger partial charge in [0.2, 0.25) is 0 Å². The van der Waals surface area contributed by atoms with Crippen LogP contribution in [0.5, 0.6) is 0 Å². The van der Waals surface area contributed by atoms with Gasteiger partial charge >= 0.3 is 0 Å². The maximum atomic E-state index is 8.71. The summed E-state index contributed by atoms with van der Waals surface area (Å²) in [4.78, 5) is 4.36. The summed E-state index contributed by atoms with van der Waals surface area (Å²) in [5, 5.41) is 16.6. The van der Waals surface area contributed by atoms with Gasteiger partial charge in [0.25, 0.3) is 0 Å². The minimum absolute atomic E-state index is 0.232. The maximum absolute atomic E-state index is 8.71. The largest absolute Gasteiger partial charge is 0.308 e. The Kier molecular flexibility index (Phi) is 2.34. The van der Waals surface area contributed by atoms with Crippen molar-refractivity contribution in [3.63, 3.8) is 0 Å². The van der Waals surface area contributed by atoms with E-state index in [1.807, 2.05) is 24.5 Å². The highest BCUT2D eigenvalue weighted by Crippen LogP contribution is 2.18. The first kappa shape index (κ1) is 9.59. The molecule has 0 aliphatic rings. The van der Waals surface area contributed by atoms with Crippen LogP contribution in [0.2, 0.25) is 0 Å². The monoisotopic (exact) mass is 201 g/mol. The van der Waals surface area contributed by atoms with Gasteiger partial charge < -0.3 is 4.57 Å². The first-order chi connectivity index (χ1) is 7.24. The predicted molar refractivity (Wildman–Crippen MR) is 55.0 cm³/mol. The Morgan fingerprint density at radius 1 is 1.53 bits per heavy atom. The second-order valence-corrected chi connectivity index (χ2v) is 3.57. The van der Waals surface area contributed by atoms with E-state index in [4.69, 9.17) is 5.26 Å². The molecule has 0 bridgehead atoms. The van der Waals surface area contributed by atoms with Crippen molar-refractivity contribution in [1.29, 1.82) is 5.26 Å². The van der Waals surface area contributed by atoms with Gasteiger partial charge in [-0.15, -0.1) is 5.10 Å². The molecule has 0 aliphatic carbocycles. The molecule has 0 atom stereocenters. The molecule has 2 rings (SSSR count). The Morgan fingerprint density at radius 2 is 2.33 bits per heavy atom. The van der Waals surface area contributed by atoms with Crippen LogP contribution in [-0.4, -0.2) is 19.7 Å². The summed E-state index contributed by atoms with van der Waals surface area (Å²) < 4.78 is 1.95. The second kappa shape index (κ2) is 3.65. The lowest BCUT2D eigenvalue weighted by Crippen LogP contribution is -2.06. The fourth-order valence-electron chi connectivity index (χ4n) is 1.63. The van der Waals surface area contributed by atoms with Crippen LogP contribution in [0.15, 0.2) is 12.3 Å². The molecule has 0 saturated heterocycles. The fourth-order valence-corrected chi connectivity index (χ4v) is 1.63. The summed E-state index contributed by atoms with van der Waals surface area (Å²) in [6.07, 6.45) is 1.91. The van der Waals surface area contributed by atoms with Gasteiger partial charge in [0, 0.05) is 6.04 Å². The molecule has 0 aromatic carbocycles. The van der Waals surface area contributed by atoms with Gasteiger partial charge in [-0.2, -0.15) is 10.4 Å². The highest BCUT2D eigenvalue weighted by molar-refractivity contribution is 5.70. The Hall–Kier alpha value is -1.96. The summed E-state index contributed by atoms with van der Waals surface area (Å²) >= 11 is 0. The maximum Gasteiger partial charge on any atom is 0.182 e. The number of nitrogens with zero attached hydrogens (tertiary/aromatic N) is 5. The van der Waals surface area contributed by atoms with Crippen LogP contribution in [0.25, 0.3) is 11.2 Å². The average molecular weight is 201 g/mol.